The molecule has 0 aliphatic rings. The van der Waals surface area contributed by atoms with Gasteiger partial charge in [-0.05, 0) is 68.1 Å². The van der Waals surface area contributed by atoms with Gasteiger partial charge in [-0.25, -0.2) is 8.42 Å². The molecule has 0 unspecified atom stereocenters. The van der Waals surface area contributed by atoms with Gasteiger partial charge in [-0.1, -0.05) is 91.3 Å². The standard InChI is InChI=1S/C37H43N3O5S/c1-6-29(4)38-37(42)34(24-30-15-8-7-9-16-30)39(25-31-17-11-10-14-28(31)3)36(41)26-40(33-18-12-13-19-35(33)45-5)46(43,44)32-22-20-27(2)21-23-32/h7-23,29,34H,6,24-26H2,1-5H3,(H,38,42)/t29-,34-/m1/s1. The molecule has 0 aromatic heterocycles. The Morgan fingerprint density at radius 1 is 0.848 bits per heavy atom. The van der Waals surface area contributed by atoms with Gasteiger partial charge in [0.25, 0.3) is 10.0 Å². The van der Waals surface area contributed by atoms with Gasteiger partial charge in [-0.15, -0.1) is 0 Å². The summed E-state index contributed by atoms with van der Waals surface area (Å²) < 4.78 is 35.2. The molecule has 4 aromatic rings. The number of nitrogens with one attached hydrogen (secondary N) is 1. The highest BCUT2D eigenvalue weighted by Crippen LogP contribution is 2.33. The van der Waals surface area contributed by atoms with Crippen LogP contribution < -0.4 is 14.4 Å². The second kappa shape index (κ2) is 15.6. The van der Waals surface area contributed by atoms with Crippen LogP contribution in [0.1, 0.15) is 42.5 Å². The topological polar surface area (TPSA) is 96.0 Å². The third kappa shape index (κ3) is 8.34. The molecule has 242 valence electrons. The lowest BCUT2D eigenvalue weighted by Crippen LogP contribution is -2.54. The highest BCUT2D eigenvalue weighted by Gasteiger charge is 2.36. The van der Waals surface area contributed by atoms with Crippen molar-refractivity contribution in [2.75, 3.05) is 18.0 Å². The average molecular weight is 642 g/mol. The molecule has 1 N–H and O–H groups in total. The average Bonchev–Trinajstić information content (AvgIpc) is 3.06. The van der Waals surface area contributed by atoms with Crippen molar-refractivity contribution in [3.05, 3.63) is 125 Å². The maximum Gasteiger partial charge on any atom is 0.264 e. The van der Waals surface area contributed by atoms with E-state index in [0.29, 0.717) is 12.2 Å². The fraction of sp³-hybridized carbons (Fsp3) is 0.297. The predicted octanol–water partition coefficient (Wildman–Crippen LogP) is 6.06. The van der Waals surface area contributed by atoms with E-state index in [0.717, 1.165) is 26.6 Å². The Morgan fingerprint density at radius 2 is 1.48 bits per heavy atom. The molecule has 0 saturated carbocycles. The van der Waals surface area contributed by atoms with E-state index in [2.05, 4.69) is 5.32 Å². The van der Waals surface area contributed by atoms with Crippen LogP contribution in [0.2, 0.25) is 0 Å². The number of nitrogens with zero attached hydrogens (tertiary/aromatic N) is 2. The molecule has 0 radical (unpaired) electrons. The third-order valence-corrected chi connectivity index (χ3v) is 9.89. The minimum Gasteiger partial charge on any atom is -0.495 e. The number of para-hydroxylation sites is 2. The first-order valence-corrected chi connectivity index (χ1v) is 16.9. The lowest BCUT2D eigenvalue weighted by atomic mass is 10.0. The number of sulfonamides is 1. The zero-order chi connectivity index (χ0) is 33.3. The number of aryl methyl sites for hydroxylation is 2. The van der Waals surface area contributed by atoms with Gasteiger partial charge in [0.15, 0.2) is 0 Å². The monoisotopic (exact) mass is 641 g/mol. The Hall–Kier alpha value is -4.63. The maximum atomic E-state index is 14.7. The van der Waals surface area contributed by atoms with Gasteiger partial charge < -0.3 is 15.0 Å². The summed E-state index contributed by atoms with van der Waals surface area (Å²) in [6.45, 7) is 7.29. The van der Waals surface area contributed by atoms with E-state index >= 15 is 0 Å². The van der Waals surface area contributed by atoms with Crippen LogP contribution in [-0.4, -0.2) is 50.9 Å². The summed E-state index contributed by atoms with van der Waals surface area (Å²) in [6, 6.07) is 29.4. The molecule has 0 fully saturated rings. The van der Waals surface area contributed by atoms with Crippen LogP contribution in [0.25, 0.3) is 0 Å². The molecule has 2 amide bonds. The number of anilines is 1. The number of ether oxygens (including phenoxy) is 1. The number of hydrogen-bond acceptors (Lipinski definition) is 5. The van der Waals surface area contributed by atoms with E-state index in [1.807, 2.05) is 82.3 Å². The summed E-state index contributed by atoms with van der Waals surface area (Å²) >= 11 is 0. The molecular formula is C37H43N3O5S. The summed E-state index contributed by atoms with van der Waals surface area (Å²) in [6.07, 6.45) is 0.964. The lowest BCUT2D eigenvalue weighted by Gasteiger charge is -2.35. The summed E-state index contributed by atoms with van der Waals surface area (Å²) in [4.78, 5) is 30.2. The number of hydrogen-bond donors (Lipinski definition) is 1. The number of benzene rings is 4. The van der Waals surface area contributed by atoms with Crippen LogP contribution in [0.4, 0.5) is 5.69 Å². The lowest BCUT2D eigenvalue weighted by molar-refractivity contribution is -0.140. The molecule has 0 saturated heterocycles. The normalized spacial score (nSPS) is 12.5. The third-order valence-electron chi connectivity index (χ3n) is 8.12. The van der Waals surface area contributed by atoms with Crippen LogP contribution in [0, 0.1) is 13.8 Å². The Bertz CT molecular complexity index is 1730. The van der Waals surface area contributed by atoms with Crippen molar-refractivity contribution in [3.63, 3.8) is 0 Å². The summed E-state index contributed by atoms with van der Waals surface area (Å²) in [7, 11) is -2.78. The number of methoxy groups -OCH3 is 1. The summed E-state index contributed by atoms with van der Waals surface area (Å²) in [5.74, 6) is -0.526. The Kier molecular flexibility index (Phi) is 11.6. The van der Waals surface area contributed by atoms with Gasteiger partial charge in [-0.2, -0.15) is 0 Å². The summed E-state index contributed by atoms with van der Waals surface area (Å²) in [5.41, 5.74) is 3.81. The minimum atomic E-state index is -4.24. The first kappa shape index (κ1) is 34.2. The molecule has 0 bridgehead atoms. The molecule has 0 spiro atoms. The van der Waals surface area contributed by atoms with E-state index in [1.165, 1.54) is 24.1 Å². The Morgan fingerprint density at radius 3 is 2.13 bits per heavy atom. The van der Waals surface area contributed by atoms with Gasteiger partial charge in [0, 0.05) is 19.0 Å². The first-order valence-electron chi connectivity index (χ1n) is 15.5. The van der Waals surface area contributed by atoms with Crippen molar-refractivity contribution >= 4 is 27.5 Å². The molecule has 0 heterocycles. The molecule has 0 aliphatic heterocycles. The summed E-state index contributed by atoms with van der Waals surface area (Å²) in [5, 5.41) is 3.07. The Balaban J connectivity index is 1.84. The predicted molar refractivity (Wildman–Crippen MR) is 182 cm³/mol. The van der Waals surface area contributed by atoms with Crippen LogP contribution in [-0.2, 0) is 32.6 Å². The maximum absolute atomic E-state index is 14.7. The molecule has 46 heavy (non-hydrogen) atoms. The fourth-order valence-electron chi connectivity index (χ4n) is 5.15. The molecule has 4 rings (SSSR count). The first-order chi connectivity index (χ1) is 22.0. The van der Waals surface area contributed by atoms with Gasteiger partial charge in [0.05, 0.1) is 17.7 Å². The van der Waals surface area contributed by atoms with Gasteiger partial charge in [0.2, 0.25) is 11.8 Å². The number of rotatable bonds is 14. The molecular weight excluding hydrogens is 598 g/mol. The molecule has 8 nitrogen and oxygen atoms in total. The van der Waals surface area contributed by atoms with Crippen LogP contribution >= 0.6 is 0 Å². The van der Waals surface area contributed by atoms with Crippen LogP contribution in [0.3, 0.4) is 0 Å². The number of carbonyl (C=O) groups is 2. The fourth-order valence-corrected chi connectivity index (χ4v) is 6.58. The molecule has 0 aliphatic carbocycles. The second-order valence-electron chi connectivity index (χ2n) is 11.5. The number of amides is 2. The van der Waals surface area contributed by atoms with Crippen molar-refractivity contribution in [1.82, 2.24) is 10.2 Å². The molecule has 2 atom stereocenters. The minimum absolute atomic E-state index is 0.0395. The zero-order valence-electron chi connectivity index (χ0n) is 27.1. The smallest absolute Gasteiger partial charge is 0.264 e. The molecule has 9 heteroatoms. The van der Waals surface area contributed by atoms with Gasteiger partial charge >= 0.3 is 0 Å². The second-order valence-corrected chi connectivity index (χ2v) is 13.3. The Labute approximate surface area is 273 Å². The van der Waals surface area contributed by atoms with Gasteiger partial charge in [-0.3, -0.25) is 13.9 Å². The highest BCUT2D eigenvalue weighted by atomic mass is 32.2. The molecule has 4 aromatic carbocycles. The van der Waals surface area contributed by atoms with E-state index < -0.39 is 28.5 Å². The zero-order valence-corrected chi connectivity index (χ0v) is 28.0. The van der Waals surface area contributed by atoms with E-state index in [1.54, 1.807) is 36.4 Å². The van der Waals surface area contributed by atoms with Crippen LogP contribution in [0.15, 0.2) is 108 Å². The number of carbonyl (C=O) groups excluding carboxylic acids is 2. The van der Waals surface area contributed by atoms with E-state index in [9.17, 15) is 18.0 Å². The largest absolute Gasteiger partial charge is 0.495 e. The quantitative estimate of drug-likeness (QED) is 0.181. The van der Waals surface area contributed by atoms with Crippen molar-refractivity contribution in [2.24, 2.45) is 0 Å². The van der Waals surface area contributed by atoms with Crippen LogP contribution in [0.5, 0.6) is 5.75 Å². The van der Waals surface area contributed by atoms with Crippen molar-refractivity contribution in [3.8, 4) is 5.75 Å². The van der Waals surface area contributed by atoms with E-state index in [-0.39, 0.29) is 35.5 Å². The van der Waals surface area contributed by atoms with Gasteiger partial charge in [0.1, 0.15) is 18.3 Å². The van der Waals surface area contributed by atoms with Crippen molar-refractivity contribution in [2.45, 2.75) is 64.1 Å². The highest BCUT2D eigenvalue weighted by molar-refractivity contribution is 7.92. The van der Waals surface area contributed by atoms with E-state index in [4.69, 9.17) is 4.74 Å². The SMILES string of the molecule is CC[C@@H](C)NC(=O)[C@@H](Cc1ccccc1)N(Cc1ccccc1C)C(=O)CN(c1ccccc1OC)S(=O)(=O)c1ccc(C)cc1. The van der Waals surface area contributed by atoms with Crippen molar-refractivity contribution in [1.29, 1.82) is 0 Å². The van der Waals surface area contributed by atoms with Crippen molar-refractivity contribution < 1.29 is 22.7 Å².